The molecule has 0 N–H and O–H groups in total. The molecule has 2 aromatic heterocycles. The average molecular weight is 204 g/mol. The minimum absolute atomic E-state index is 0.583. The van der Waals surface area contributed by atoms with Crippen LogP contribution in [0.2, 0.25) is 0 Å². The van der Waals surface area contributed by atoms with Crippen molar-refractivity contribution in [2.75, 3.05) is 0 Å². The minimum atomic E-state index is 0.583. The van der Waals surface area contributed by atoms with Crippen LogP contribution >= 0.6 is 0 Å². The van der Waals surface area contributed by atoms with Crippen molar-refractivity contribution in [3.05, 3.63) is 53.3 Å². The quantitative estimate of drug-likeness (QED) is 0.470. The Morgan fingerprint density at radius 3 is 2.20 bits per heavy atom. The van der Waals surface area contributed by atoms with Crippen molar-refractivity contribution in [2.45, 2.75) is 13.8 Å². The Bertz CT molecular complexity index is 384. The summed E-state index contributed by atoms with van der Waals surface area (Å²) in [7, 11) is 0. The molecular weight excluding hydrogens is 192 g/mol. The summed E-state index contributed by atoms with van der Waals surface area (Å²) in [6, 6.07) is 7.21. The van der Waals surface area contributed by atoms with Crippen molar-refractivity contribution in [3.63, 3.8) is 0 Å². The Hall–Kier alpha value is -2.04. The van der Waals surface area contributed by atoms with Gasteiger partial charge in [-0.25, -0.2) is 0 Å². The first-order valence-electron chi connectivity index (χ1n) is 4.46. The summed E-state index contributed by atoms with van der Waals surface area (Å²) in [5.74, 6) is 0. The van der Waals surface area contributed by atoms with E-state index in [0.29, 0.717) is 10.5 Å². The molecule has 0 saturated carbocycles. The normalized spacial score (nSPS) is 8.93. The van der Waals surface area contributed by atoms with Gasteiger partial charge in [-0.2, -0.15) is 10.2 Å². The van der Waals surface area contributed by atoms with E-state index in [2.05, 4.69) is 15.3 Å². The second-order valence-corrected chi connectivity index (χ2v) is 2.90. The van der Waals surface area contributed by atoms with Gasteiger partial charge in [-0.3, -0.25) is 0 Å². The van der Waals surface area contributed by atoms with E-state index in [4.69, 9.17) is 0 Å². The molecule has 0 aliphatic rings. The van der Waals surface area contributed by atoms with Crippen molar-refractivity contribution in [3.8, 4) is 0 Å². The fourth-order valence-corrected chi connectivity index (χ4v) is 0.815. The van der Waals surface area contributed by atoms with Gasteiger partial charge in [-0.05, 0) is 25.1 Å². The third kappa shape index (κ3) is 4.12. The van der Waals surface area contributed by atoms with Crippen molar-refractivity contribution < 1.29 is 4.85 Å². The van der Waals surface area contributed by atoms with Crippen LogP contribution in [0.1, 0.15) is 11.4 Å². The van der Waals surface area contributed by atoms with Gasteiger partial charge < -0.3 is 5.21 Å². The van der Waals surface area contributed by atoms with Gasteiger partial charge in [0.15, 0.2) is 0 Å². The number of aromatic nitrogens is 4. The Kier molecular flexibility index (Phi) is 4.15. The first kappa shape index (κ1) is 11.0. The van der Waals surface area contributed by atoms with Crippen LogP contribution in [-0.4, -0.2) is 15.3 Å². The maximum Gasteiger partial charge on any atom is 0.218 e. The van der Waals surface area contributed by atoms with Crippen LogP contribution in [0.5, 0.6) is 0 Å². The van der Waals surface area contributed by atoms with E-state index in [1.807, 2.05) is 19.1 Å². The van der Waals surface area contributed by atoms with Gasteiger partial charge in [0.05, 0.1) is 11.9 Å². The maximum absolute atomic E-state index is 10.4. The fraction of sp³-hybridized carbons (Fsp3) is 0.200. The van der Waals surface area contributed by atoms with Crippen molar-refractivity contribution in [1.82, 2.24) is 15.3 Å². The molecule has 78 valence electrons. The Labute approximate surface area is 88.0 Å². The van der Waals surface area contributed by atoms with E-state index in [1.165, 1.54) is 6.20 Å². The zero-order valence-corrected chi connectivity index (χ0v) is 8.66. The lowest BCUT2D eigenvalue weighted by molar-refractivity contribution is -0.675. The molecule has 0 radical (unpaired) electrons. The average Bonchev–Trinajstić information content (AvgIpc) is 2.25. The van der Waals surface area contributed by atoms with E-state index < -0.39 is 0 Å². The summed E-state index contributed by atoms with van der Waals surface area (Å²) in [5, 5.41) is 21.2. The highest BCUT2D eigenvalue weighted by atomic mass is 16.5. The maximum atomic E-state index is 10.4. The topological polar surface area (TPSA) is 65.6 Å². The van der Waals surface area contributed by atoms with Crippen molar-refractivity contribution in [2.24, 2.45) is 0 Å². The number of nitrogens with zero attached hydrogens (tertiary/aromatic N) is 4. The molecule has 2 rings (SSSR count). The van der Waals surface area contributed by atoms with Gasteiger partial charge in [0.1, 0.15) is 0 Å². The predicted octanol–water partition coefficient (Wildman–Crippen LogP) is 0.808. The van der Waals surface area contributed by atoms with Gasteiger partial charge in [-0.15, -0.1) is 0 Å². The lowest BCUT2D eigenvalue weighted by Crippen LogP contribution is -2.33. The lowest BCUT2D eigenvalue weighted by Gasteiger charge is -1.91. The van der Waals surface area contributed by atoms with E-state index >= 15 is 0 Å². The molecule has 0 amide bonds. The Morgan fingerprint density at radius 1 is 1.13 bits per heavy atom. The van der Waals surface area contributed by atoms with Gasteiger partial charge in [-0.1, -0.05) is 4.85 Å². The second kappa shape index (κ2) is 5.64. The van der Waals surface area contributed by atoms with Gasteiger partial charge in [0.2, 0.25) is 5.69 Å². The number of hydrogen-bond acceptors (Lipinski definition) is 4. The van der Waals surface area contributed by atoms with Crippen LogP contribution in [-0.2, 0) is 0 Å². The molecule has 0 unspecified atom stereocenters. The molecular formula is C10H12N4O. The van der Waals surface area contributed by atoms with Crippen LogP contribution in [0.4, 0.5) is 0 Å². The summed E-state index contributed by atoms with van der Waals surface area (Å²) in [5.41, 5.74) is 1.58. The molecule has 0 aromatic carbocycles. The van der Waals surface area contributed by atoms with Crippen molar-refractivity contribution >= 4 is 0 Å². The molecule has 2 aromatic rings. The molecule has 0 saturated heterocycles. The second-order valence-electron chi connectivity index (χ2n) is 2.90. The molecule has 0 atom stereocenters. The molecule has 15 heavy (non-hydrogen) atoms. The van der Waals surface area contributed by atoms with E-state index in [1.54, 1.807) is 25.3 Å². The Balaban J connectivity index is 0.000000151. The zero-order chi connectivity index (χ0) is 11.1. The third-order valence-corrected chi connectivity index (χ3v) is 1.60. The highest BCUT2D eigenvalue weighted by Crippen LogP contribution is 1.82. The van der Waals surface area contributed by atoms with Crippen LogP contribution in [0.15, 0.2) is 36.7 Å². The molecule has 0 fully saturated rings. The van der Waals surface area contributed by atoms with Crippen LogP contribution < -0.4 is 4.85 Å². The van der Waals surface area contributed by atoms with Gasteiger partial charge >= 0.3 is 0 Å². The summed E-state index contributed by atoms with van der Waals surface area (Å²) >= 11 is 0. The molecule has 2 heterocycles. The van der Waals surface area contributed by atoms with Gasteiger partial charge in [0.25, 0.3) is 0 Å². The first-order valence-corrected chi connectivity index (χ1v) is 4.46. The summed E-state index contributed by atoms with van der Waals surface area (Å²) in [6.07, 6.45) is 3.12. The molecule has 0 aliphatic carbocycles. The first-order chi connectivity index (χ1) is 7.20. The number of hydrogen-bond donors (Lipinski definition) is 0. The van der Waals surface area contributed by atoms with Crippen molar-refractivity contribution in [1.29, 1.82) is 0 Å². The smallest absolute Gasteiger partial charge is 0.218 e. The molecule has 5 heteroatoms. The van der Waals surface area contributed by atoms with E-state index in [-0.39, 0.29) is 0 Å². The van der Waals surface area contributed by atoms with Crippen LogP contribution in [0.25, 0.3) is 0 Å². The molecule has 5 nitrogen and oxygen atoms in total. The van der Waals surface area contributed by atoms with E-state index in [9.17, 15) is 5.21 Å². The number of rotatable bonds is 0. The monoisotopic (exact) mass is 204 g/mol. The minimum Gasteiger partial charge on any atom is -0.594 e. The largest absolute Gasteiger partial charge is 0.594 e. The summed E-state index contributed by atoms with van der Waals surface area (Å²) < 4.78 is 0. The standard InChI is InChI=1S/C5H6N2O.C5H6N2/c1-5-3-2-4-6-7(5)8;1-5-3-2-4-6-7-5/h2-4H,1H3;2-4H,1H3. The SMILES string of the molecule is Cc1cccn[n+]1[O-].Cc1cccnn1. The summed E-state index contributed by atoms with van der Waals surface area (Å²) in [6.45, 7) is 3.62. The van der Waals surface area contributed by atoms with Gasteiger partial charge in [0, 0.05) is 24.3 Å². The lowest BCUT2D eigenvalue weighted by atomic mass is 10.4. The molecule has 0 aliphatic heterocycles. The van der Waals surface area contributed by atoms with Crippen LogP contribution in [0.3, 0.4) is 0 Å². The molecule has 0 bridgehead atoms. The third-order valence-electron chi connectivity index (χ3n) is 1.60. The van der Waals surface area contributed by atoms with Crippen LogP contribution in [0, 0.1) is 19.1 Å². The molecule has 0 spiro atoms. The highest BCUT2D eigenvalue weighted by molar-refractivity contribution is 4.94. The van der Waals surface area contributed by atoms with E-state index in [0.717, 1.165) is 5.69 Å². The predicted molar refractivity (Wildman–Crippen MR) is 54.7 cm³/mol. The summed E-state index contributed by atoms with van der Waals surface area (Å²) in [4.78, 5) is 0.583. The fourth-order valence-electron chi connectivity index (χ4n) is 0.815. The number of aryl methyl sites for hydroxylation is 2. The Morgan fingerprint density at radius 2 is 1.87 bits per heavy atom. The zero-order valence-electron chi connectivity index (χ0n) is 8.66. The highest BCUT2D eigenvalue weighted by Gasteiger charge is 1.91.